The fourth-order valence-corrected chi connectivity index (χ4v) is 4.80. The van der Waals surface area contributed by atoms with Gasteiger partial charge in [-0.2, -0.15) is 5.10 Å². The van der Waals surface area contributed by atoms with Gasteiger partial charge in [-0.15, -0.1) is 6.42 Å². The quantitative estimate of drug-likeness (QED) is 0.332. The molecule has 1 saturated heterocycles. The molecule has 2 aromatic heterocycles. The van der Waals surface area contributed by atoms with Crippen LogP contribution in [-0.4, -0.2) is 68.0 Å². The smallest absolute Gasteiger partial charge is 0.411 e. The highest BCUT2D eigenvalue weighted by Gasteiger charge is 2.42. The van der Waals surface area contributed by atoms with E-state index in [1.807, 2.05) is 49.6 Å². The van der Waals surface area contributed by atoms with Crippen LogP contribution in [0.2, 0.25) is 0 Å². The minimum atomic E-state index is -0.713. The first-order valence-corrected chi connectivity index (χ1v) is 13.5. The van der Waals surface area contributed by atoms with Crippen LogP contribution in [0.25, 0.3) is 22.0 Å². The highest BCUT2D eigenvalue weighted by atomic mass is 16.6. The van der Waals surface area contributed by atoms with Crippen molar-refractivity contribution in [1.29, 1.82) is 0 Å². The van der Waals surface area contributed by atoms with E-state index in [0.717, 1.165) is 27.6 Å². The molecule has 11 heteroatoms. The topological polar surface area (TPSA) is 124 Å². The highest BCUT2D eigenvalue weighted by molar-refractivity contribution is 5.86. The van der Waals surface area contributed by atoms with E-state index in [2.05, 4.69) is 31.6 Å². The molecule has 0 bridgehead atoms. The number of nitrogens with one attached hydrogen (secondary N) is 2. The molecular weight excluding hydrogens is 534 g/mol. The molecule has 2 aromatic carbocycles. The van der Waals surface area contributed by atoms with Crippen LogP contribution >= 0.6 is 0 Å². The summed E-state index contributed by atoms with van der Waals surface area (Å²) in [5.41, 5.74) is 3.24. The molecule has 2 atom stereocenters. The number of carbonyl (C=O) groups is 2. The summed E-state index contributed by atoms with van der Waals surface area (Å²) in [4.78, 5) is 36.1. The van der Waals surface area contributed by atoms with Crippen LogP contribution < -0.4 is 15.4 Å². The molecule has 1 aliphatic rings. The zero-order valence-corrected chi connectivity index (χ0v) is 24.2. The summed E-state index contributed by atoms with van der Waals surface area (Å²) in [7, 11) is 3.39. The van der Waals surface area contributed by atoms with E-state index in [-0.39, 0.29) is 12.5 Å². The van der Waals surface area contributed by atoms with Gasteiger partial charge in [-0.05, 0) is 56.7 Å². The number of carbonyl (C=O) groups excluding carboxylic acids is 2. The Bertz CT molecular complexity index is 1680. The van der Waals surface area contributed by atoms with E-state index in [9.17, 15) is 9.59 Å². The van der Waals surface area contributed by atoms with Crippen molar-refractivity contribution >= 4 is 34.5 Å². The van der Waals surface area contributed by atoms with Crippen molar-refractivity contribution in [1.82, 2.24) is 30.0 Å². The molecular formula is C31H33N7O4. The van der Waals surface area contributed by atoms with E-state index in [1.54, 1.807) is 44.9 Å². The van der Waals surface area contributed by atoms with Crippen molar-refractivity contribution in [3.63, 3.8) is 0 Å². The molecule has 0 aliphatic carbocycles. The average molecular weight is 568 g/mol. The lowest BCUT2D eigenvalue weighted by Gasteiger charge is -2.27. The number of likely N-dealkylation sites (N-methyl/N-ethyl adjacent to an activating group) is 1. The fraction of sp³-hybridized carbons (Fsp3) is 0.323. The zero-order chi connectivity index (χ0) is 30.0. The highest BCUT2D eigenvalue weighted by Crippen LogP contribution is 2.32. The van der Waals surface area contributed by atoms with Gasteiger partial charge in [-0.1, -0.05) is 5.92 Å². The molecule has 11 nitrogen and oxygen atoms in total. The van der Waals surface area contributed by atoms with Gasteiger partial charge in [0.1, 0.15) is 23.5 Å². The Morgan fingerprint density at radius 1 is 1.12 bits per heavy atom. The number of aromatic nitrogens is 4. The van der Waals surface area contributed by atoms with Crippen molar-refractivity contribution in [2.75, 3.05) is 18.9 Å². The summed E-state index contributed by atoms with van der Waals surface area (Å²) >= 11 is 0. The van der Waals surface area contributed by atoms with E-state index >= 15 is 0 Å². The first kappa shape index (κ1) is 28.4. The van der Waals surface area contributed by atoms with Crippen LogP contribution in [0.1, 0.15) is 32.8 Å². The molecule has 0 radical (unpaired) electrons. The standard InChI is InChI=1S/C31H33N7O4/c1-7-19-8-9-26-21(10-19)15-33-29(36-26)35-23-11-20(22-16-34-37(6)17-22)12-24(13-23)41-25-14-27(28(39)32-5)38(18-25)30(40)42-31(2,3)4/h1,8-13,15-17,25,27H,14,18H2,2-6H3,(H,32,39)(H,33,35,36). The molecule has 5 rings (SSSR count). The third-order valence-corrected chi connectivity index (χ3v) is 6.69. The summed E-state index contributed by atoms with van der Waals surface area (Å²) in [6.07, 6.45) is 10.2. The van der Waals surface area contributed by atoms with E-state index in [1.165, 1.54) is 4.90 Å². The zero-order valence-electron chi connectivity index (χ0n) is 24.2. The van der Waals surface area contributed by atoms with Crippen molar-refractivity contribution in [3.8, 4) is 29.2 Å². The van der Waals surface area contributed by atoms with Crippen molar-refractivity contribution in [2.45, 2.75) is 44.9 Å². The van der Waals surface area contributed by atoms with Gasteiger partial charge in [0.25, 0.3) is 0 Å². The van der Waals surface area contributed by atoms with Crippen LogP contribution in [-0.2, 0) is 16.6 Å². The van der Waals surface area contributed by atoms with E-state index in [0.29, 0.717) is 23.8 Å². The Morgan fingerprint density at radius 2 is 1.93 bits per heavy atom. The normalized spacial score (nSPS) is 16.6. The number of hydrogen-bond donors (Lipinski definition) is 2. The Morgan fingerprint density at radius 3 is 2.62 bits per heavy atom. The summed E-state index contributed by atoms with van der Waals surface area (Å²) in [5, 5.41) is 11.1. The second-order valence-electron chi connectivity index (χ2n) is 11.1. The Balaban J connectivity index is 1.43. The van der Waals surface area contributed by atoms with Gasteiger partial charge in [0, 0.05) is 61.2 Å². The van der Waals surface area contributed by atoms with E-state index in [4.69, 9.17) is 15.9 Å². The number of aryl methyl sites for hydroxylation is 1. The molecule has 1 fully saturated rings. The molecule has 216 valence electrons. The third-order valence-electron chi connectivity index (χ3n) is 6.69. The third kappa shape index (κ3) is 6.44. The summed E-state index contributed by atoms with van der Waals surface area (Å²) < 4.78 is 13.7. The average Bonchev–Trinajstić information content (AvgIpc) is 3.58. The predicted octanol–water partition coefficient (Wildman–Crippen LogP) is 4.26. The summed E-state index contributed by atoms with van der Waals surface area (Å²) in [6.45, 7) is 5.56. The number of rotatable bonds is 6. The van der Waals surface area contributed by atoms with Crippen LogP contribution in [0, 0.1) is 12.3 Å². The lowest BCUT2D eigenvalue weighted by Crippen LogP contribution is -2.46. The first-order valence-electron chi connectivity index (χ1n) is 13.5. The minimum absolute atomic E-state index is 0.195. The number of amides is 2. The SMILES string of the molecule is C#Cc1ccc2nc(Nc3cc(OC4CC(C(=O)NC)N(C(=O)OC(C)(C)C)C4)cc(-c4cnn(C)c4)c3)ncc2c1. The predicted molar refractivity (Wildman–Crippen MR) is 159 cm³/mol. The second kappa shape index (κ2) is 11.4. The maximum atomic E-state index is 12.9. The first-order chi connectivity index (χ1) is 20.0. The lowest BCUT2D eigenvalue weighted by molar-refractivity contribution is -0.125. The number of fused-ring (bicyclic) bond motifs is 1. The maximum Gasteiger partial charge on any atom is 0.411 e. The van der Waals surface area contributed by atoms with Gasteiger partial charge in [0.2, 0.25) is 11.9 Å². The van der Waals surface area contributed by atoms with Crippen molar-refractivity contribution in [3.05, 3.63) is 60.6 Å². The number of ether oxygens (including phenoxy) is 2. The largest absolute Gasteiger partial charge is 0.488 e. The number of nitrogens with zero attached hydrogens (tertiary/aromatic N) is 5. The number of hydrogen-bond acceptors (Lipinski definition) is 8. The molecule has 0 spiro atoms. The van der Waals surface area contributed by atoms with Gasteiger partial charge >= 0.3 is 6.09 Å². The molecule has 3 heterocycles. The van der Waals surface area contributed by atoms with Crippen molar-refractivity contribution < 1.29 is 19.1 Å². The van der Waals surface area contributed by atoms with Gasteiger partial charge in [0.15, 0.2) is 0 Å². The fourth-order valence-electron chi connectivity index (χ4n) is 4.80. The monoisotopic (exact) mass is 567 g/mol. The molecule has 42 heavy (non-hydrogen) atoms. The second-order valence-corrected chi connectivity index (χ2v) is 11.1. The molecule has 2 N–H and O–H groups in total. The lowest BCUT2D eigenvalue weighted by atomic mass is 10.1. The number of terminal acetylenes is 1. The molecule has 2 amide bonds. The summed E-state index contributed by atoms with van der Waals surface area (Å²) in [5.74, 6) is 3.30. The van der Waals surface area contributed by atoms with Gasteiger partial charge in [0.05, 0.1) is 18.3 Å². The minimum Gasteiger partial charge on any atom is -0.488 e. The number of likely N-dealkylation sites (tertiary alicyclic amines) is 1. The Kier molecular flexibility index (Phi) is 7.72. The van der Waals surface area contributed by atoms with Crippen LogP contribution in [0.4, 0.5) is 16.4 Å². The van der Waals surface area contributed by atoms with Crippen LogP contribution in [0.3, 0.4) is 0 Å². The van der Waals surface area contributed by atoms with Gasteiger partial charge in [-0.25, -0.2) is 14.8 Å². The van der Waals surface area contributed by atoms with Gasteiger partial charge in [-0.3, -0.25) is 14.4 Å². The van der Waals surface area contributed by atoms with Crippen LogP contribution in [0.15, 0.2) is 55.0 Å². The molecule has 0 saturated carbocycles. The maximum absolute atomic E-state index is 12.9. The molecule has 2 unspecified atom stereocenters. The van der Waals surface area contributed by atoms with E-state index < -0.39 is 23.8 Å². The number of anilines is 2. The molecule has 4 aromatic rings. The van der Waals surface area contributed by atoms with Crippen LogP contribution in [0.5, 0.6) is 5.75 Å². The Hall–Kier alpha value is -5.11. The van der Waals surface area contributed by atoms with Gasteiger partial charge < -0.3 is 20.1 Å². The number of benzene rings is 2. The molecule has 1 aliphatic heterocycles. The Labute approximate surface area is 244 Å². The summed E-state index contributed by atoms with van der Waals surface area (Å²) in [6, 6.07) is 10.5. The van der Waals surface area contributed by atoms with Crippen molar-refractivity contribution in [2.24, 2.45) is 7.05 Å².